The minimum atomic E-state index is -0.338. The number of phenols is 2. The Morgan fingerprint density at radius 2 is 0.970 bits per heavy atom. The molecule has 0 aromatic heterocycles. The number of hydrogen-bond donors (Lipinski definition) is 2. The van der Waals surface area contributed by atoms with E-state index in [0.29, 0.717) is 0 Å². The Kier molecular flexibility index (Phi) is 14.4. The second-order valence-corrected chi connectivity index (χ2v) is 6.85. The molecular weight excluding hydrogens is 491 g/mol. The van der Waals surface area contributed by atoms with E-state index in [4.69, 9.17) is 11.5 Å². The van der Waals surface area contributed by atoms with Crippen LogP contribution in [0.15, 0.2) is 108 Å². The van der Waals surface area contributed by atoms with E-state index >= 15 is 0 Å². The van der Waals surface area contributed by atoms with E-state index in [1.54, 1.807) is 24.3 Å². The average molecular weight is 515 g/mol. The van der Waals surface area contributed by atoms with Gasteiger partial charge in [0.1, 0.15) is 11.5 Å². The molecule has 2 atom stereocenters. The summed E-state index contributed by atoms with van der Waals surface area (Å²) < 4.78 is 0. The van der Waals surface area contributed by atoms with E-state index in [1.165, 1.54) is 0 Å². The zero-order chi connectivity index (χ0) is 21.3. The molecule has 0 amide bonds. The normalized spacial score (nSPS) is 20.2. The van der Waals surface area contributed by atoms with Gasteiger partial charge in [0.2, 0.25) is 0 Å². The fourth-order valence-corrected chi connectivity index (χ4v) is 2.97. The molecule has 0 bridgehead atoms. The van der Waals surface area contributed by atoms with Crippen LogP contribution in [-0.2, 0) is 21.7 Å². The average Bonchev–Trinajstić information content (AvgIpc) is 2.75. The van der Waals surface area contributed by atoms with Crippen LogP contribution in [0.25, 0.3) is 23.6 Å². The molecule has 2 aromatic carbocycles. The van der Waals surface area contributed by atoms with Crippen molar-refractivity contribution in [3.8, 4) is 11.5 Å². The summed E-state index contributed by atoms with van der Waals surface area (Å²) in [7, 11) is 0. The van der Waals surface area contributed by atoms with E-state index in [1.807, 2.05) is 85.0 Å². The molecule has 0 heterocycles. The van der Waals surface area contributed by atoms with E-state index in [0.717, 1.165) is 22.3 Å². The van der Waals surface area contributed by atoms with Crippen molar-refractivity contribution in [2.75, 3.05) is 0 Å². The number of nitrogens with one attached hydrogen (secondary N) is 2. The summed E-state index contributed by atoms with van der Waals surface area (Å²) in [6, 6.07) is 13.6. The molecule has 0 radical (unpaired) electrons. The van der Waals surface area contributed by atoms with Gasteiger partial charge in [-0.1, -0.05) is 108 Å². The number of benzene rings is 2. The largest absolute Gasteiger partial charge is 4.00 e. The first kappa shape index (κ1) is 30.7. The zero-order valence-corrected chi connectivity index (χ0v) is 20.8. The summed E-state index contributed by atoms with van der Waals surface area (Å²) in [6.45, 7) is 0. The minimum Gasteiger partial charge on any atom is -1.00 e. The summed E-state index contributed by atoms with van der Waals surface area (Å²) in [5.41, 5.74) is 18.8. The Balaban J connectivity index is 0.000000569. The molecule has 7 heteroatoms. The first-order valence-corrected chi connectivity index (χ1v) is 9.66. The van der Waals surface area contributed by atoms with Gasteiger partial charge < -0.3 is 46.5 Å². The summed E-state index contributed by atoms with van der Waals surface area (Å²) in [6.07, 6.45) is 18.6. The Morgan fingerprint density at radius 1 is 0.606 bits per heavy atom. The SMILES string of the molecule is [Cl-].[Cl-].[NH-]C1C=CC=CC1=Cc1ccccc1O.[NH-]C1C=CC=CC1=Cc1ccccc1O.[Ti+4]. The molecule has 168 valence electrons. The van der Waals surface area contributed by atoms with Crippen LogP contribution in [0.2, 0.25) is 0 Å². The van der Waals surface area contributed by atoms with Crippen LogP contribution in [0.5, 0.6) is 11.5 Å². The van der Waals surface area contributed by atoms with Crippen LogP contribution in [0, 0.1) is 0 Å². The molecule has 0 saturated heterocycles. The maximum atomic E-state index is 9.58. The first-order chi connectivity index (χ1) is 14.5. The molecule has 4 nitrogen and oxygen atoms in total. The second kappa shape index (κ2) is 15.5. The number of phenolic OH excluding ortho intramolecular Hbond substituents is 2. The van der Waals surface area contributed by atoms with E-state index in [2.05, 4.69) is 0 Å². The fraction of sp³-hybridized carbons (Fsp3) is 0.0769. The van der Waals surface area contributed by atoms with Gasteiger partial charge in [0.25, 0.3) is 0 Å². The first-order valence-electron chi connectivity index (χ1n) is 9.66. The van der Waals surface area contributed by atoms with Crippen molar-refractivity contribution in [3.63, 3.8) is 0 Å². The molecule has 0 aliphatic heterocycles. The van der Waals surface area contributed by atoms with Crippen molar-refractivity contribution in [3.05, 3.63) is 131 Å². The zero-order valence-electron chi connectivity index (χ0n) is 17.7. The molecular formula is C26H24Cl2N2O2Ti. The molecule has 2 aromatic rings. The van der Waals surface area contributed by atoms with Crippen LogP contribution >= 0.6 is 0 Å². The maximum absolute atomic E-state index is 9.58. The quantitative estimate of drug-likeness (QED) is 0.576. The van der Waals surface area contributed by atoms with Gasteiger partial charge in [-0.3, -0.25) is 0 Å². The summed E-state index contributed by atoms with van der Waals surface area (Å²) >= 11 is 0. The van der Waals surface area contributed by atoms with Crippen LogP contribution in [0.3, 0.4) is 0 Å². The van der Waals surface area contributed by atoms with Crippen molar-refractivity contribution < 1.29 is 56.7 Å². The van der Waals surface area contributed by atoms with Gasteiger partial charge in [0.05, 0.1) is 0 Å². The van der Waals surface area contributed by atoms with Crippen LogP contribution in [0.1, 0.15) is 11.1 Å². The van der Waals surface area contributed by atoms with E-state index in [9.17, 15) is 10.2 Å². The summed E-state index contributed by atoms with van der Waals surface area (Å²) in [5.74, 6) is 0.500. The van der Waals surface area contributed by atoms with Crippen molar-refractivity contribution >= 4 is 12.2 Å². The van der Waals surface area contributed by atoms with Crippen molar-refractivity contribution in [1.82, 2.24) is 0 Å². The summed E-state index contributed by atoms with van der Waals surface area (Å²) in [4.78, 5) is 0. The third-order valence-electron chi connectivity index (χ3n) is 4.64. The molecule has 0 spiro atoms. The van der Waals surface area contributed by atoms with E-state index < -0.39 is 0 Å². The standard InChI is InChI=1S/2C13H12NO.2ClH.Ti/c2*14-12-7-3-1-5-10(12)9-11-6-2-4-8-13(11)15;;;/h2*1-9,12,14-15H;2*1H;/q2*-1;;;+4/p-2. The van der Waals surface area contributed by atoms with Crippen LogP contribution in [0.4, 0.5) is 0 Å². The molecule has 2 aliphatic rings. The number of allylic oxidation sites excluding steroid dienone is 4. The molecule has 0 fully saturated rings. The molecule has 4 N–H and O–H groups in total. The van der Waals surface area contributed by atoms with Crippen LogP contribution in [-0.4, -0.2) is 22.3 Å². The van der Waals surface area contributed by atoms with Gasteiger partial charge in [-0.2, -0.15) is 0 Å². The van der Waals surface area contributed by atoms with Gasteiger partial charge in [0.15, 0.2) is 0 Å². The number of hydrogen-bond acceptors (Lipinski definition) is 2. The predicted molar refractivity (Wildman–Crippen MR) is 125 cm³/mol. The Bertz CT molecular complexity index is 990. The van der Waals surface area contributed by atoms with Gasteiger partial charge in [0, 0.05) is 11.1 Å². The number of halogens is 2. The van der Waals surface area contributed by atoms with Gasteiger partial charge >= 0.3 is 21.7 Å². The molecule has 0 saturated carbocycles. The predicted octanol–water partition coefficient (Wildman–Crippen LogP) is 0.650. The fourth-order valence-electron chi connectivity index (χ4n) is 2.97. The van der Waals surface area contributed by atoms with Gasteiger partial charge in [-0.15, -0.1) is 0 Å². The van der Waals surface area contributed by atoms with Gasteiger partial charge in [-0.25, -0.2) is 0 Å². The Labute approximate surface area is 222 Å². The smallest absolute Gasteiger partial charge is 1.00 e. The Morgan fingerprint density at radius 3 is 1.30 bits per heavy atom. The molecule has 33 heavy (non-hydrogen) atoms. The second-order valence-electron chi connectivity index (χ2n) is 6.85. The number of para-hydroxylation sites is 2. The number of aromatic hydroxyl groups is 2. The summed E-state index contributed by atoms with van der Waals surface area (Å²) in [5, 5.41) is 19.2. The number of rotatable bonds is 2. The molecule has 4 rings (SSSR count). The minimum absolute atomic E-state index is 0. The Hall–Kier alpha value is -2.31. The third-order valence-corrected chi connectivity index (χ3v) is 4.64. The van der Waals surface area contributed by atoms with Crippen LogP contribution < -0.4 is 24.8 Å². The van der Waals surface area contributed by atoms with Crippen molar-refractivity contribution in [2.45, 2.75) is 12.1 Å². The topological polar surface area (TPSA) is 88.1 Å². The van der Waals surface area contributed by atoms with E-state index in [-0.39, 0.29) is 70.1 Å². The monoisotopic (exact) mass is 514 g/mol. The maximum Gasteiger partial charge on any atom is 4.00 e. The molecule has 2 aliphatic carbocycles. The van der Waals surface area contributed by atoms with Crippen molar-refractivity contribution in [1.29, 1.82) is 0 Å². The van der Waals surface area contributed by atoms with Crippen molar-refractivity contribution in [2.24, 2.45) is 0 Å². The van der Waals surface area contributed by atoms with Gasteiger partial charge in [-0.05, 0) is 24.3 Å². The molecule has 2 unspecified atom stereocenters. The third kappa shape index (κ3) is 9.22.